The Balaban J connectivity index is 1.87. The van der Waals surface area contributed by atoms with Crippen LogP contribution in [0, 0.1) is 20.8 Å². The van der Waals surface area contributed by atoms with Crippen molar-refractivity contribution in [1.82, 2.24) is 5.32 Å². The van der Waals surface area contributed by atoms with Gasteiger partial charge in [-0.15, -0.1) is 0 Å². The fourth-order valence-corrected chi connectivity index (χ4v) is 2.47. The van der Waals surface area contributed by atoms with Crippen LogP contribution in [0.5, 0.6) is 0 Å². The molecule has 2 aromatic rings. The van der Waals surface area contributed by atoms with E-state index in [0.717, 1.165) is 12.0 Å². The summed E-state index contributed by atoms with van der Waals surface area (Å²) in [6, 6.07) is 14.8. The molecule has 2 heteroatoms. The maximum Gasteiger partial charge on any atom is 0.220 e. The van der Waals surface area contributed by atoms with Crippen LogP contribution in [0.1, 0.15) is 47.2 Å². The lowest BCUT2D eigenvalue weighted by atomic mass is 10.0. The molecule has 0 radical (unpaired) electrons. The van der Waals surface area contributed by atoms with Crippen molar-refractivity contribution in [2.24, 2.45) is 0 Å². The van der Waals surface area contributed by atoms with Crippen LogP contribution in [0.4, 0.5) is 0 Å². The van der Waals surface area contributed by atoms with Crippen molar-refractivity contribution >= 4 is 5.91 Å². The molecule has 0 aromatic heterocycles. The van der Waals surface area contributed by atoms with Crippen LogP contribution < -0.4 is 5.32 Å². The maximum atomic E-state index is 12.1. The molecular formula is C20H25NO. The molecule has 2 rings (SSSR count). The van der Waals surface area contributed by atoms with Gasteiger partial charge in [-0.05, 0) is 56.4 Å². The van der Waals surface area contributed by atoms with Gasteiger partial charge in [0.15, 0.2) is 0 Å². The highest BCUT2D eigenvalue weighted by atomic mass is 16.1. The normalized spacial score (nSPS) is 12.0. The number of benzene rings is 2. The van der Waals surface area contributed by atoms with Gasteiger partial charge in [0.05, 0.1) is 6.04 Å². The zero-order valence-electron chi connectivity index (χ0n) is 13.9. The minimum absolute atomic E-state index is 0.0489. The Morgan fingerprint density at radius 3 is 2.32 bits per heavy atom. The van der Waals surface area contributed by atoms with Gasteiger partial charge in [-0.3, -0.25) is 4.79 Å². The Labute approximate surface area is 133 Å². The molecule has 0 aliphatic carbocycles. The molecule has 0 saturated carbocycles. The fourth-order valence-electron chi connectivity index (χ4n) is 2.47. The quantitative estimate of drug-likeness (QED) is 0.869. The number of carbonyl (C=O) groups is 1. The van der Waals surface area contributed by atoms with Crippen LogP contribution >= 0.6 is 0 Å². The molecule has 1 atom stereocenters. The van der Waals surface area contributed by atoms with Crippen LogP contribution in [0.2, 0.25) is 0 Å². The van der Waals surface area contributed by atoms with E-state index in [1.165, 1.54) is 22.3 Å². The summed E-state index contributed by atoms with van der Waals surface area (Å²) < 4.78 is 0. The SMILES string of the molecule is Cc1ccc(C(C)NC(=O)CCc2ccc(C)c(C)c2)cc1. The Morgan fingerprint density at radius 1 is 1.00 bits per heavy atom. The zero-order chi connectivity index (χ0) is 16.1. The van der Waals surface area contributed by atoms with Gasteiger partial charge in [0.2, 0.25) is 5.91 Å². The molecule has 0 aliphatic heterocycles. The smallest absolute Gasteiger partial charge is 0.220 e. The summed E-state index contributed by atoms with van der Waals surface area (Å²) in [5, 5.41) is 3.07. The maximum absolute atomic E-state index is 12.1. The number of hydrogen-bond acceptors (Lipinski definition) is 1. The summed E-state index contributed by atoms with van der Waals surface area (Å²) in [6.45, 7) is 8.31. The van der Waals surface area contributed by atoms with E-state index >= 15 is 0 Å². The molecule has 0 heterocycles. The van der Waals surface area contributed by atoms with Crippen molar-refractivity contribution in [3.63, 3.8) is 0 Å². The van der Waals surface area contributed by atoms with Crippen molar-refractivity contribution in [1.29, 1.82) is 0 Å². The molecule has 0 bridgehead atoms. The lowest BCUT2D eigenvalue weighted by Gasteiger charge is -2.15. The van der Waals surface area contributed by atoms with E-state index in [4.69, 9.17) is 0 Å². The van der Waals surface area contributed by atoms with E-state index in [9.17, 15) is 4.79 Å². The van der Waals surface area contributed by atoms with Crippen LogP contribution in [0.25, 0.3) is 0 Å². The number of rotatable bonds is 5. The van der Waals surface area contributed by atoms with Gasteiger partial charge in [0, 0.05) is 6.42 Å². The molecule has 0 spiro atoms. The van der Waals surface area contributed by atoms with Gasteiger partial charge in [-0.2, -0.15) is 0 Å². The molecule has 116 valence electrons. The minimum Gasteiger partial charge on any atom is -0.350 e. The summed E-state index contributed by atoms with van der Waals surface area (Å²) in [5.41, 5.74) is 6.18. The molecule has 2 aromatic carbocycles. The second-order valence-corrected chi connectivity index (χ2v) is 6.12. The predicted octanol–water partition coefficient (Wildman–Crippen LogP) is 4.42. The highest BCUT2D eigenvalue weighted by Gasteiger charge is 2.09. The number of amides is 1. The third-order valence-corrected chi connectivity index (χ3v) is 4.17. The topological polar surface area (TPSA) is 29.1 Å². The Hall–Kier alpha value is -2.09. The van der Waals surface area contributed by atoms with Crippen molar-refractivity contribution in [3.05, 3.63) is 70.3 Å². The van der Waals surface area contributed by atoms with Gasteiger partial charge in [0.25, 0.3) is 0 Å². The van der Waals surface area contributed by atoms with E-state index in [0.29, 0.717) is 6.42 Å². The lowest BCUT2D eigenvalue weighted by Crippen LogP contribution is -2.26. The standard InChI is InChI=1S/C20H25NO/c1-14-5-10-19(11-6-14)17(4)21-20(22)12-9-18-8-7-15(2)16(3)13-18/h5-8,10-11,13,17H,9,12H2,1-4H3,(H,21,22). The highest BCUT2D eigenvalue weighted by molar-refractivity contribution is 5.76. The second kappa shape index (κ2) is 7.26. The molecular weight excluding hydrogens is 270 g/mol. The molecule has 1 N–H and O–H groups in total. The Bertz CT molecular complexity index is 643. The number of carbonyl (C=O) groups excluding carboxylic acids is 1. The first-order valence-electron chi connectivity index (χ1n) is 7.88. The Morgan fingerprint density at radius 2 is 1.68 bits per heavy atom. The molecule has 22 heavy (non-hydrogen) atoms. The summed E-state index contributed by atoms with van der Waals surface area (Å²) in [6.07, 6.45) is 1.31. The van der Waals surface area contributed by atoms with E-state index in [1.54, 1.807) is 0 Å². The largest absolute Gasteiger partial charge is 0.350 e. The van der Waals surface area contributed by atoms with Gasteiger partial charge >= 0.3 is 0 Å². The third-order valence-electron chi connectivity index (χ3n) is 4.17. The van der Waals surface area contributed by atoms with Gasteiger partial charge in [-0.1, -0.05) is 48.0 Å². The molecule has 2 nitrogen and oxygen atoms in total. The van der Waals surface area contributed by atoms with Gasteiger partial charge < -0.3 is 5.32 Å². The first kappa shape index (κ1) is 16.3. The molecule has 0 aliphatic rings. The fraction of sp³-hybridized carbons (Fsp3) is 0.350. The summed E-state index contributed by atoms with van der Waals surface area (Å²) in [5.74, 6) is 0.103. The summed E-state index contributed by atoms with van der Waals surface area (Å²) in [4.78, 5) is 12.1. The molecule has 1 amide bonds. The molecule has 0 fully saturated rings. The number of nitrogens with one attached hydrogen (secondary N) is 1. The average Bonchev–Trinajstić information content (AvgIpc) is 2.49. The van der Waals surface area contributed by atoms with Crippen molar-refractivity contribution in [2.75, 3.05) is 0 Å². The molecule has 1 unspecified atom stereocenters. The van der Waals surface area contributed by atoms with Crippen LogP contribution in [-0.4, -0.2) is 5.91 Å². The van der Waals surface area contributed by atoms with E-state index < -0.39 is 0 Å². The lowest BCUT2D eigenvalue weighted by molar-refractivity contribution is -0.121. The first-order chi connectivity index (χ1) is 10.5. The van der Waals surface area contributed by atoms with Crippen LogP contribution in [-0.2, 0) is 11.2 Å². The van der Waals surface area contributed by atoms with Crippen molar-refractivity contribution < 1.29 is 4.79 Å². The van der Waals surface area contributed by atoms with E-state index in [-0.39, 0.29) is 11.9 Å². The Kier molecular flexibility index (Phi) is 5.37. The van der Waals surface area contributed by atoms with Crippen LogP contribution in [0.3, 0.4) is 0 Å². The van der Waals surface area contributed by atoms with Crippen LogP contribution in [0.15, 0.2) is 42.5 Å². The average molecular weight is 295 g/mol. The second-order valence-electron chi connectivity index (χ2n) is 6.12. The number of hydrogen-bond donors (Lipinski definition) is 1. The minimum atomic E-state index is 0.0489. The highest BCUT2D eigenvalue weighted by Crippen LogP contribution is 2.14. The van der Waals surface area contributed by atoms with E-state index in [1.807, 2.05) is 6.92 Å². The zero-order valence-corrected chi connectivity index (χ0v) is 13.9. The van der Waals surface area contributed by atoms with Gasteiger partial charge in [0.1, 0.15) is 0 Å². The monoisotopic (exact) mass is 295 g/mol. The first-order valence-corrected chi connectivity index (χ1v) is 7.88. The third kappa shape index (κ3) is 4.45. The van der Waals surface area contributed by atoms with Crippen molar-refractivity contribution in [2.45, 2.75) is 46.6 Å². The van der Waals surface area contributed by atoms with E-state index in [2.05, 4.69) is 68.6 Å². The summed E-state index contributed by atoms with van der Waals surface area (Å²) in [7, 11) is 0. The van der Waals surface area contributed by atoms with Crippen molar-refractivity contribution in [3.8, 4) is 0 Å². The number of aryl methyl sites for hydroxylation is 4. The predicted molar refractivity (Wildman–Crippen MR) is 92.0 cm³/mol. The van der Waals surface area contributed by atoms with Gasteiger partial charge in [-0.25, -0.2) is 0 Å². The molecule has 0 saturated heterocycles. The summed E-state index contributed by atoms with van der Waals surface area (Å²) >= 11 is 0.